The van der Waals surface area contributed by atoms with Gasteiger partial charge in [0.15, 0.2) is 0 Å². The molecule has 1 aromatic carbocycles. The van der Waals surface area contributed by atoms with Crippen LogP contribution in [0.2, 0.25) is 0 Å². The maximum Gasteiger partial charge on any atom is 0.341 e. The van der Waals surface area contributed by atoms with Crippen molar-refractivity contribution in [2.45, 2.75) is 35.5 Å². The van der Waals surface area contributed by atoms with Gasteiger partial charge in [0.2, 0.25) is 9.84 Å². The Bertz CT molecular complexity index is 1050. The van der Waals surface area contributed by atoms with E-state index in [2.05, 4.69) is 4.98 Å². The summed E-state index contributed by atoms with van der Waals surface area (Å²) in [6.07, 6.45) is -0.746. The van der Waals surface area contributed by atoms with Gasteiger partial charge in [0.05, 0.1) is 10.5 Å². The molecule has 0 bridgehead atoms. The number of nitriles is 1. The minimum absolute atomic E-state index is 0. The lowest BCUT2D eigenvalue weighted by atomic mass is 9.97. The van der Waals surface area contributed by atoms with Crippen molar-refractivity contribution in [3.63, 3.8) is 0 Å². The summed E-state index contributed by atoms with van der Waals surface area (Å²) in [7, 11) is -5.17. The molecule has 0 saturated carbocycles. The van der Waals surface area contributed by atoms with Gasteiger partial charge in [0, 0.05) is 24.4 Å². The maximum atomic E-state index is 14.0. The van der Waals surface area contributed by atoms with E-state index < -0.39 is 44.5 Å². The first-order valence-electron chi connectivity index (χ1n) is 7.64. The maximum absolute atomic E-state index is 14.0. The second-order valence-electron chi connectivity index (χ2n) is 6.13. The zero-order chi connectivity index (χ0) is 20.0. The fourth-order valence-corrected chi connectivity index (χ4v) is 4.11. The summed E-state index contributed by atoms with van der Waals surface area (Å²) in [5, 5.41) is 18.8. The number of aromatic nitrogens is 1. The van der Waals surface area contributed by atoms with Crippen molar-refractivity contribution in [2.75, 3.05) is 0 Å². The van der Waals surface area contributed by atoms with Crippen molar-refractivity contribution in [1.82, 2.24) is 4.98 Å². The first-order valence-corrected chi connectivity index (χ1v) is 9.19. The van der Waals surface area contributed by atoms with E-state index in [1.807, 2.05) is 6.07 Å². The van der Waals surface area contributed by atoms with Gasteiger partial charge in [0.1, 0.15) is 12.2 Å². The highest BCUT2D eigenvalue weighted by atomic mass is 32.2. The van der Waals surface area contributed by atoms with Gasteiger partial charge in [-0.2, -0.15) is 14.0 Å². The lowest BCUT2D eigenvalue weighted by Gasteiger charge is -2.16. The van der Waals surface area contributed by atoms with Crippen LogP contribution in [0, 0.1) is 11.3 Å². The predicted molar refractivity (Wildman–Crippen MR) is 87.5 cm³/mol. The Labute approximate surface area is 156 Å². The van der Waals surface area contributed by atoms with Gasteiger partial charge < -0.3 is 5.11 Å². The van der Waals surface area contributed by atoms with Gasteiger partial charge in [0.25, 0.3) is 5.92 Å². The summed E-state index contributed by atoms with van der Waals surface area (Å²) >= 11 is 0. The Kier molecular flexibility index (Phi) is 5.77. The fraction of sp³-hybridized carbons (Fsp3) is 0.294. The summed E-state index contributed by atoms with van der Waals surface area (Å²) in [6.45, 7) is 0. The lowest BCUT2D eigenvalue weighted by molar-refractivity contribution is -0.0976. The van der Waals surface area contributed by atoms with E-state index in [0.717, 1.165) is 6.07 Å². The minimum atomic E-state index is -5.17. The standard InChI is InChI=1S/C17H12F4N2O3S.FH/c18-16(19)27(25,26)13-2-1-11(4-9-3-10(6-22)8-23-7-9)12-5-17(20,21)15(24)14(12)13;/h1-3,7-8,15-16,24H,4-5H2;1H/t15-;/m0./s1. The molecule has 1 aliphatic carbocycles. The van der Waals surface area contributed by atoms with Gasteiger partial charge in [-0.3, -0.25) is 9.69 Å². The van der Waals surface area contributed by atoms with Crippen LogP contribution in [0.25, 0.3) is 0 Å². The van der Waals surface area contributed by atoms with Crippen LogP contribution in [0.4, 0.5) is 22.3 Å². The average Bonchev–Trinajstić information content (AvgIpc) is 2.85. The molecule has 150 valence electrons. The quantitative estimate of drug-likeness (QED) is 0.768. The molecule has 0 saturated heterocycles. The molecule has 1 aliphatic rings. The number of sulfone groups is 1. The van der Waals surface area contributed by atoms with Crippen molar-refractivity contribution < 1.29 is 35.8 Å². The molecule has 0 unspecified atom stereocenters. The van der Waals surface area contributed by atoms with Gasteiger partial charge in [-0.25, -0.2) is 17.2 Å². The highest BCUT2D eigenvalue weighted by Crippen LogP contribution is 2.47. The molecular formula is C17H13F5N2O3S. The number of hydrogen-bond donors (Lipinski definition) is 1. The monoisotopic (exact) mass is 420 g/mol. The molecule has 1 N–H and O–H groups in total. The Morgan fingerprint density at radius 1 is 1.32 bits per heavy atom. The van der Waals surface area contributed by atoms with Gasteiger partial charge >= 0.3 is 5.76 Å². The van der Waals surface area contributed by atoms with E-state index in [0.29, 0.717) is 5.56 Å². The van der Waals surface area contributed by atoms with E-state index in [9.17, 15) is 31.1 Å². The third-order valence-electron chi connectivity index (χ3n) is 4.36. The zero-order valence-electron chi connectivity index (χ0n) is 13.9. The summed E-state index contributed by atoms with van der Waals surface area (Å²) in [6, 6.07) is 5.34. The van der Waals surface area contributed by atoms with E-state index in [1.54, 1.807) is 0 Å². The number of alkyl halides is 4. The molecular weight excluding hydrogens is 407 g/mol. The second kappa shape index (κ2) is 7.44. The Hall–Kier alpha value is -2.58. The molecule has 1 heterocycles. The fourth-order valence-electron chi connectivity index (χ4n) is 3.12. The zero-order valence-corrected chi connectivity index (χ0v) is 14.8. The third kappa shape index (κ3) is 3.57. The van der Waals surface area contributed by atoms with Crippen LogP contribution >= 0.6 is 0 Å². The molecule has 1 atom stereocenters. The van der Waals surface area contributed by atoms with Crippen LogP contribution in [0.1, 0.15) is 33.9 Å². The number of aliphatic hydroxyl groups excluding tert-OH is 1. The summed E-state index contributed by atoms with van der Waals surface area (Å²) < 4.78 is 77.6. The Morgan fingerprint density at radius 2 is 2.00 bits per heavy atom. The van der Waals surface area contributed by atoms with Crippen LogP contribution in [0.15, 0.2) is 35.5 Å². The van der Waals surface area contributed by atoms with Crippen molar-refractivity contribution in [2.24, 2.45) is 0 Å². The van der Waals surface area contributed by atoms with Crippen LogP contribution in [-0.4, -0.2) is 30.2 Å². The summed E-state index contributed by atoms with van der Waals surface area (Å²) in [5.41, 5.74) is 0.0990. The van der Waals surface area contributed by atoms with Crippen molar-refractivity contribution in [3.05, 3.63) is 58.4 Å². The highest BCUT2D eigenvalue weighted by Gasteiger charge is 2.50. The van der Waals surface area contributed by atoms with E-state index in [1.165, 1.54) is 24.5 Å². The van der Waals surface area contributed by atoms with Crippen LogP contribution < -0.4 is 0 Å². The first kappa shape index (κ1) is 21.7. The molecule has 3 rings (SSSR count). The second-order valence-corrected chi connectivity index (χ2v) is 8.02. The number of aliphatic hydroxyl groups is 1. The van der Waals surface area contributed by atoms with E-state index in [4.69, 9.17) is 5.26 Å². The lowest BCUT2D eigenvalue weighted by Crippen LogP contribution is -2.23. The molecule has 0 amide bonds. The Morgan fingerprint density at radius 3 is 2.61 bits per heavy atom. The molecule has 0 radical (unpaired) electrons. The molecule has 2 aromatic rings. The van der Waals surface area contributed by atoms with Crippen LogP contribution in [-0.2, 0) is 22.7 Å². The van der Waals surface area contributed by atoms with E-state index in [-0.39, 0.29) is 27.8 Å². The van der Waals surface area contributed by atoms with Gasteiger partial charge in [-0.05, 0) is 35.2 Å². The number of nitrogens with zero attached hydrogens (tertiary/aromatic N) is 2. The number of hydrogen-bond acceptors (Lipinski definition) is 5. The van der Waals surface area contributed by atoms with Crippen molar-refractivity contribution in [3.8, 4) is 6.07 Å². The SMILES string of the molecule is F.N#Cc1cncc(Cc2ccc(S(=O)(=O)C(F)F)c3c2CC(F)(F)[C@H]3O)c1. The van der Waals surface area contributed by atoms with Crippen molar-refractivity contribution >= 4 is 9.84 Å². The van der Waals surface area contributed by atoms with Gasteiger partial charge in [-0.15, -0.1) is 0 Å². The molecule has 1 aromatic heterocycles. The summed E-state index contributed by atoms with van der Waals surface area (Å²) in [4.78, 5) is 2.86. The molecule has 0 fully saturated rings. The molecule has 28 heavy (non-hydrogen) atoms. The number of rotatable bonds is 4. The largest absolute Gasteiger partial charge is 0.382 e. The highest BCUT2D eigenvalue weighted by molar-refractivity contribution is 7.91. The Balaban J connectivity index is 0.00000280. The molecule has 0 aliphatic heterocycles. The van der Waals surface area contributed by atoms with Crippen LogP contribution in [0.3, 0.4) is 0 Å². The van der Waals surface area contributed by atoms with Crippen molar-refractivity contribution in [1.29, 1.82) is 5.26 Å². The average molecular weight is 420 g/mol. The third-order valence-corrected chi connectivity index (χ3v) is 5.80. The van der Waals surface area contributed by atoms with Crippen LogP contribution in [0.5, 0.6) is 0 Å². The number of pyridine rings is 1. The smallest absolute Gasteiger partial charge is 0.341 e. The molecule has 0 spiro atoms. The van der Waals surface area contributed by atoms with Gasteiger partial charge in [-0.1, -0.05) is 6.07 Å². The summed E-state index contributed by atoms with van der Waals surface area (Å²) in [5.74, 6) is -7.48. The normalized spacial score (nSPS) is 17.7. The topological polar surface area (TPSA) is 91.0 Å². The first-order chi connectivity index (χ1) is 12.6. The number of halogens is 5. The molecule has 11 heteroatoms. The molecule has 5 nitrogen and oxygen atoms in total. The minimum Gasteiger partial charge on any atom is -0.382 e. The predicted octanol–water partition coefficient (Wildman–Crippen LogP) is 2.92. The number of benzene rings is 1. The van der Waals surface area contributed by atoms with E-state index >= 15 is 0 Å². The number of fused-ring (bicyclic) bond motifs is 1.